The zero-order chi connectivity index (χ0) is 13.8. The lowest BCUT2D eigenvalue weighted by Crippen LogP contribution is -2.37. The molecule has 1 rings (SSSR count). The number of nitrogens with zero attached hydrogens (tertiary/aromatic N) is 1. The number of rotatable bonds is 4. The van der Waals surface area contributed by atoms with Gasteiger partial charge in [-0.2, -0.15) is 18.4 Å². The maximum absolute atomic E-state index is 12.0. The zero-order valence-corrected chi connectivity index (χ0v) is 9.85. The molecule has 98 valence electrons. The molecule has 0 aliphatic heterocycles. The molecule has 0 atom stereocenters. The molecular weight excluding hydrogens is 269 g/mol. The highest BCUT2D eigenvalue weighted by Gasteiger charge is 2.45. The van der Waals surface area contributed by atoms with Crippen LogP contribution >= 0.6 is 0 Å². The van der Waals surface area contributed by atoms with Crippen molar-refractivity contribution in [3.63, 3.8) is 0 Å². The quantitative estimate of drug-likeness (QED) is 0.908. The maximum Gasteiger partial charge on any atom is 0.511 e. The minimum atomic E-state index is -5.29. The number of benzene rings is 1. The normalized spacial score (nSPS) is 12.1. The molecule has 0 radical (unpaired) electrons. The standard InChI is InChI=1S/C10H9F3N2O2S/c11-10(12,13)18(16,17)15-6-5-8-1-3-9(7-14)4-2-8/h1-4,15H,5-6H2. The summed E-state index contributed by atoms with van der Waals surface area (Å²) < 4.78 is 58.7. The van der Waals surface area contributed by atoms with Crippen LogP contribution in [0.4, 0.5) is 13.2 Å². The van der Waals surface area contributed by atoms with Crippen LogP contribution in [-0.4, -0.2) is 20.5 Å². The fourth-order valence-electron chi connectivity index (χ4n) is 1.16. The average Bonchev–Trinajstić information content (AvgIpc) is 2.28. The Labute approximate surface area is 102 Å². The summed E-state index contributed by atoms with van der Waals surface area (Å²) in [5.74, 6) is 0. The summed E-state index contributed by atoms with van der Waals surface area (Å²) in [7, 11) is -5.28. The van der Waals surface area contributed by atoms with Gasteiger partial charge in [-0.3, -0.25) is 0 Å². The van der Waals surface area contributed by atoms with Crippen molar-refractivity contribution in [2.75, 3.05) is 6.54 Å². The third-order valence-electron chi connectivity index (χ3n) is 2.09. The van der Waals surface area contributed by atoms with E-state index in [1.54, 1.807) is 12.1 Å². The molecule has 0 aliphatic carbocycles. The Morgan fingerprint density at radius 2 is 1.78 bits per heavy atom. The van der Waals surface area contributed by atoms with E-state index in [0.29, 0.717) is 11.1 Å². The zero-order valence-electron chi connectivity index (χ0n) is 9.03. The first-order valence-corrected chi connectivity index (χ1v) is 6.29. The number of nitriles is 1. The number of halogens is 3. The number of nitrogens with one attached hydrogen (secondary N) is 1. The van der Waals surface area contributed by atoms with E-state index in [4.69, 9.17) is 5.26 Å². The van der Waals surface area contributed by atoms with Gasteiger partial charge in [0.2, 0.25) is 0 Å². The van der Waals surface area contributed by atoms with E-state index in [-0.39, 0.29) is 13.0 Å². The Morgan fingerprint density at radius 1 is 1.22 bits per heavy atom. The van der Waals surface area contributed by atoms with Crippen molar-refractivity contribution in [3.8, 4) is 6.07 Å². The first-order valence-electron chi connectivity index (χ1n) is 4.81. The van der Waals surface area contributed by atoms with Crippen molar-refractivity contribution < 1.29 is 21.6 Å². The molecule has 0 fully saturated rings. The third kappa shape index (κ3) is 3.72. The van der Waals surface area contributed by atoms with Gasteiger partial charge in [-0.15, -0.1) is 0 Å². The SMILES string of the molecule is N#Cc1ccc(CCNS(=O)(=O)C(F)(F)F)cc1. The van der Waals surface area contributed by atoms with Gasteiger partial charge in [0.05, 0.1) is 11.6 Å². The summed E-state index contributed by atoms with van der Waals surface area (Å²) in [4.78, 5) is 0. The minimum Gasteiger partial charge on any atom is -0.207 e. The van der Waals surface area contributed by atoms with Gasteiger partial charge in [0.15, 0.2) is 0 Å². The molecule has 0 saturated carbocycles. The van der Waals surface area contributed by atoms with Crippen molar-refractivity contribution in [1.29, 1.82) is 5.26 Å². The second kappa shape index (κ2) is 5.37. The van der Waals surface area contributed by atoms with Crippen LogP contribution in [0.1, 0.15) is 11.1 Å². The minimum absolute atomic E-state index is 0.112. The van der Waals surface area contributed by atoms with Gasteiger partial charge in [-0.05, 0) is 24.1 Å². The van der Waals surface area contributed by atoms with Crippen LogP contribution in [0.15, 0.2) is 24.3 Å². The fraction of sp³-hybridized carbons (Fsp3) is 0.300. The molecule has 1 N–H and O–H groups in total. The van der Waals surface area contributed by atoms with Crippen molar-refractivity contribution in [2.45, 2.75) is 11.9 Å². The molecule has 0 amide bonds. The third-order valence-corrected chi connectivity index (χ3v) is 3.29. The van der Waals surface area contributed by atoms with E-state index in [2.05, 4.69) is 0 Å². The highest BCUT2D eigenvalue weighted by atomic mass is 32.2. The summed E-state index contributed by atoms with van der Waals surface area (Å²) in [5, 5.41) is 8.53. The van der Waals surface area contributed by atoms with Crippen LogP contribution < -0.4 is 4.72 Å². The molecule has 0 unspecified atom stereocenters. The Kier molecular flexibility index (Phi) is 4.32. The number of sulfonamides is 1. The smallest absolute Gasteiger partial charge is 0.207 e. The summed E-state index contributed by atoms with van der Waals surface area (Å²) in [6.45, 7) is -0.353. The first-order chi connectivity index (χ1) is 8.26. The van der Waals surface area contributed by atoms with Gasteiger partial charge in [0.25, 0.3) is 0 Å². The lowest BCUT2D eigenvalue weighted by Gasteiger charge is -2.09. The van der Waals surface area contributed by atoms with E-state index in [1.165, 1.54) is 16.9 Å². The largest absolute Gasteiger partial charge is 0.511 e. The van der Waals surface area contributed by atoms with Crippen molar-refractivity contribution in [3.05, 3.63) is 35.4 Å². The first kappa shape index (κ1) is 14.5. The van der Waals surface area contributed by atoms with Crippen LogP contribution in [0, 0.1) is 11.3 Å². The van der Waals surface area contributed by atoms with Gasteiger partial charge in [-0.25, -0.2) is 13.1 Å². The predicted octanol–water partition coefficient (Wildman–Crippen LogP) is 1.54. The van der Waals surface area contributed by atoms with Crippen LogP contribution in [0.5, 0.6) is 0 Å². The monoisotopic (exact) mass is 278 g/mol. The molecular formula is C10H9F3N2O2S. The molecule has 0 saturated heterocycles. The van der Waals surface area contributed by atoms with Crippen LogP contribution in [0.25, 0.3) is 0 Å². The Bertz CT molecular complexity index is 544. The van der Waals surface area contributed by atoms with Crippen LogP contribution in [0.2, 0.25) is 0 Å². The molecule has 0 aromatic heterocycles. The van der Waals surface area contributed by atoms with Gasteiger partial charge in [0.1, 0.15) is 0 Å². The predicted molar refractivity (Wildman–Crippen MR) is 57.8 cm³/mol. The summed E-state index contributed by atoms with van der Waals surface area (Å²) in [6.07, 6.45) is 0.112. The van der Waals surface area contributed by atoms with Gasteiger partial charge in [0, 0.05) is 6.54 Å². The molecule has 0 aliphatic rings. The number of alkyl halides is 3. The average molecular weight is 278 g/mol. The highest BCUT2D eigenvalue weighted by molar-refractivity contribution is 7.90. The molecule has 18 heavy (non-hydrogen) atoms. The second-order valence-corrected chi connectivity index (χ2v) is 5.16. The highest BCUT2D eigenvalue weighted by Crippen LogP contribution is 2.21. The van der Waals surface area contributed by atoms with Crippen LogP contribution in [0.3, 0.4) is 0 Å². The van der Waals surface area contributed by atoms with E-state index in [1.807, 2.05) is 6.07 Å². The molecule has 0 spiro atoms. The van der Waals surface area contributed by atoms with Gasteiger partial charge < -0.3 is 0 Å². The summed E-state index contributed by atoms with van der Waals surface area (Å²) in [6, 6.07) is 8.02. The summed E-state index contributed by atoms with van der Waals surface area (Å²) in [5.41, 5.74) is -4.23. The lowest BCUT2D eigenvalue weighted by atomic mass is 10.1. The number of hydrogen-bond donors (Lipinski definition) is 1. The Hall–Kier alpha value is -1.59. The second-order valence-electron chi connectivity index (χ2n) is 3.40. The van der Waals surface area contributed by atoms with Gasteiger partial charge >= 0.3 is 15.5 Å². The van der Waals surface area contributed by atoms with Crippen molar-refractivity contribution in [2.24, 2.45) is 0 Å². The van der Waals surface area contributed by atoms with Crippen LogP contribution in [-0.2, 0) is 16.4 Å². The van der Waals surface area contributed by atoms with E-state index in [9.17, 15) is 21.6 Å². The van der Waals surface area contributed by atoms with Crippen molar-refractivity contribution >= 4 is 10.0 Å². The van der Waals surface area contributed by atoms with Gasteiger partial charge in [-0.1, -0.05) is 12.1 Å². The van der Waals surface area contributed by atoms with Crippen molar-refractivity contribution in [1.82, 2.24) is 4.72 Å². The molecule has 0 heterocycles. The maximum atomic E-state index is 12.0. The van der Waals surface area contributed by atoms with E-state index in [0.717, 1.165) is 0 Å². The summed E-state index contributed by atoms with van der Waals surface area (Å²) >= 11 is 0. The Morgan fingerprint density at radius 3 is 2.22 bits per heavy atom. The molecule has 4 nitrogen and oxygen atoms in total. The lowest BCUT2D eigenvalue weighted by molar-refractivity contribution is -0.0447. The fourth-order valence-corrected chi connectivity index (χ4v) is 1.69. The molecule has 0 bridgehead atoms. The molecule has 8 heteroatoms. The molecule has 1 aromatic carbocycles. The number of hydrogen-bond acceptors (Lipinski definition) is 3. The van der Waals surface area contributed by atoms with E-state index < -0.39 is 15.5 Å². The topological polar surface area (TPSA) is 70.0 Å². The Balaban J connectivity index is 2.55. The van der Waals surface area contributed by atoms with E-state index >= 15 is 0 Å². The molecule has 1 aromatic rings.